The molecule has 5 rings (SSSR count). The number of hydrogen-bond donors (Lipinski definition) is 1. The summed E-state index contributed by atoms with van der Waals surface area (Å²) in [5, 5.41) is 7.62. The van der Waals surface area contributed by atoms with Crippen molar-refractivity contribution in [3.8, 4) is 17.0 Å². The van der Waals surface area contributed by atoms with Crippen LogP contribution in [-0.2, 0) is 4.74 Å². The van der Waals surface area contributed by atoms with Crippen molar-refractivity contribution in [2.75, 3.05) is 18.5 Å². The Morgan fingerprint density at radius 2 is 2.03 bits per heavy atom. The maximum Gasteiger partial charge on any atom is 0.259 e. The number of aryl methyl sites for hydroxylation is 4. The number of fused-ring (bicyclic) bond motifs is 1. The molecule has 1 aliphatic heterocycles. The van der Waals surface area contributed by atoms with E-state index in [2.05, 4.69) is 15.5 Å². The Hall–Kier alpha value is -3.65. The van der Waals surface area contributed by atoms with Crippen molar-refractivity contribution in [3.63, 3.8) is 0 Å². The molecular formula is C26H27N3O5. The van der Waals surface area contributed by atoms with Crippen molar-refractivity contribution in [1.82, 2.24) is 10.1 Å². The van der Waals surface area contributed by atoms with Gasteiger partial charge in [0.25, 0.3) is 11.6 Å². The maximum atomic E-state index is 13.5. The van der Waals surface area contributed by atoms with E-state index in [1.165, 1.54) is 0 Å². The van der Waals surface area contributed by atoms with Crippen LogP contribution in [0.25, 0.3) is 22.4 Å². The van der Waals surface area contributed by atoms with Crippen LogP contribution in [0.3, 0.4) is 0 Å². The lowest BCUT2D eigenvalue weighted by atomic mass is 10.0. The van der Waals surface area contributed by atoms with Gasteiger partial charge in [-0.2, -0.15) is 0 Å². The lowest BCUT2D eigenvalue weighted by Crippen LogP contribution is -2.18. The van der Waals surface area contributed by atoms with Gasteiger partial charge in [-0.25, -0.2) is 4.98 Å². The van der Waals surface area contributed by atoms with E-state index < -0.39 is 0 Å². The van der Waals surface area contributed by atoms with Crippen LogP contribution in [0.15, 0.2) is 39.3 Å². The number of anilines is 1. The van der Waals surface area contributed by atoms with E-state index in [0.29, 0.717) is 46.1 Å². The zero-order valence-corrected chi connectivity index (χ0v) is 19.7. The van der Waals surface area contributed by atoms with Crippen molar-refractivity contribution < 1.29 is 23.2 Å². The first-order chi connectivity index (χ1) is 16.4. The summed E-state index contributed by atoms with van der Waals surface area (Å²) in [7, 11) is 0. The third kappa shape index (κ3) is 4.28. The fourth-order valence-electron chi connectivity index (χ4n) is 4.30. The quantitative estimate of drug-likeness (QED) is 0.403. The molecule has 3 aromatic heterocycles. The number of aromatic nitrogens is 2. The van der Waals surface area contributed by atoms with E-state index >= 15 is 0 Å². The highest BCUT2D eigenvalue weighted by atomic mass is 16.5. The van der Waals surface area contributed by atoms with Gasteiger partial charge in [0.2, 0.25) is 0 Å². The fourth-order valence-corrected chi connectivity index (χ4v) is 4.30. The van der Waals surface area contributed by atoms with Crippen LogP contribution >= 0.6 is 0 Å². The molecule has 0 aliphatic carbocycles. The number of ether oxygens (including phenoxy) is 2. The van der Waals surface area contributed by atoms with Crippen LogP contribution in [-0.4, -0.2) is 35.4 Å². The van der Waals surface area contributed by atoms with Crippen LogP contribution in [0.2, 0.25) is 0 Å². The molecule has 8 heteroatoms. The molecule has 0 saturated carbocycles. The molecule has 1 fully saturated rings. The molecule has 1 saturated heterocycles. The van der Waals surface area contributed by atoms with E-state index in [1.54, 1.807) is 13.0 Å². The Labute approximate surface area is 197 Å². The number of pyridine rings is 1. The van der Waals surface area contributed by atoms with E-state index in [4.69, 9.17) is 18.4 Å². The van der Waals surface area contributed by atoms with Gasteiger partial charge in [-0.1, -0.05) is 11.2 Å². The second-order valence-electron chi connectivity index (χ2n) is 8.73. The molecule has 0 radical (unpaired) electrons. The third-order valence-electron chi connectivity index (χ3n) is 6.01. The van der Waals surface area contributed by atoms with Crippen molar-refractivity contribution in [2.24, 2.45) is 0 Å². The molecule has 176 valence electrons. The van der Waals surface area contributed by atoms with Gasteiger partial charge in [0, 0.05) is 12.2 Å². The molecule has 1 aromatic carbocycles. The smallest absolute Gasteiger partial charge is 0.259 e. The summed E-state index contributed by atoms with van der Waals surface area (Å²) in [4.78, 5) is 18.1. The minimum Gasteiger partial charge on any atom is -0.489 e. The monoisotopic (exact) mass is 461 g/mol. The standard InChI is InChI=1S/C26H27N3O5/c1-14-7-8-21(23(10-14)32-13-18-6-5-9-31-18)27-25(30)20-12-22(19-11-15(2)33-17(19)4)28-26-24(20)16(3)29-34-26/h7-8,10-12,18H,5-6,9,13H2,1-4H3,(H,27,30). The van der Waals surface area contributed by atoms with Gasteiger partial charge in [-0.3, -0.25) is 4.79 Å². The number of hydrogen-bond acceptors (Lipinski definition) is 7. The number of amides is 1. The van der Waals surface area contributed by atoms with Gasteiger partial charge in [-0.15, -0.1) is 0 Å². The predicted octanol–water partition coefficient (Wildman–Crippen LogP) is 5.53. The van der Waals surface area contributed by atoms with Gasteiger partial charge in [-0.05, 0) is 70.4 Å². The summed E-state index contributed by atoms with van der Waals surface area (Å²) in [5.74, 6) is 1.79. The van der Waals surface area contributed by atoms with Crippen molar-refractivity contribution in [3.05, 3.63) is 58.7 Å². The Bertz CT molecular complexity index is 1360. The van der Waals surface area contributed by atoms with Crippen molar-refractivity contribution in [2.45, 2.75) is 46.6 Å². The molecule has 0 bridgehead atoms. The number of carbonyl (C=O) groups excluding carboxylic acids is 1. The second kappa shape index (κ2) is 8.95. The highest BCUT2D eigenvalue weighted by Crippen LogP contribution is 2.32. The second-order valence-corrected chi connectivity index (χ2v) is 8.73. The van der Waals surface area contributed by atoms with Crippen molar-refractivity contribution in [1.29, 1.82) is 0 Å². The average molecular weight is 462 g/mol. The summed E-state index contributed by atoms with van der Waals surface area (Å²) in [5.41, 5.74) is 4.33. The maximum absolute atomic E-state index is 13.5. The lowest BCUT2D eigenvalue weighted by Gasteiger charge is -2.16. The normalized spacial score (nSPS) is 15.7. The van der Waals surface area contributed by atoms with Gasteiger partial charge < -0.3 is 23.7 Å². The summed E-state index contributed by atoms with van der Waals surface area (Å²) in [6, 6.07) is 9.35. The Kier molecular flexibility index (Phi) is 5.83. The zero-order valence-electron chi connectivity index (χ0n) is 19.7. The van der Waals surface area contributed by atoms with E-state index in [9.17, 15) is 4.79 Å². The number of nitrogens with one attached hydrogen (secondary N) is 1. The molecule has 0 spiro atoms. The number of nitrogens with zero attached hydrogens (tertiary/aromatic N) is 2. The first kappa shape index (κ1) is 22.2. The van der Waals surface area contributed by atoms with Crippen LogP contribution in [0.1, 0.15) is 46.0 Å². The molecule has 4 aromatic rings. The first-order valence-electron chi connectivity index (χ1n) is 11.4. The van der Waals surface area contributed by atoms with E-state index in [0.717, 1.165) is 42.1 Å². The summed E-state index contributed by atoms with van der Waals surface area (Å²) in [6.07, 6.45) is 2.09. The molecular weight excluding hydrogens is 434 g/mol. The SMILES string of the molecule is Cc1ccc(NC(=O)c2cc(-c3cc(C)oc3C)nc3onc(C)c23)c(OCC2CCCO2)c1. The largest absolute Gasteiger partial charge is 0.489 e. The molecule has 1 unspecified atom stereocenters. The summed E-state index contributed by atoms with van der Waals surface area (Å²) >= 11 is 0. The molecule has 1 amide bonds. The van der Waals surface area contributed by atoms with Gasteiger partial charge >= 0.3 is 0 Å². The molecule has 4 heterocycles. The van der Waals surface area contributed by atoms with Gasteiger partial charge in [0.1, 0.15) is 23.9 Å². The predicted molar refractivity (Wildman–Crippen MR) is 127 cm³/mol. The highest BCUT2D eigenvalue weighted by molar-refractivity contribution is 6.13. The molecule has 1 atom stereocenters. The van der Waals surface area contributed by atoms with E-state index in [1.807, 2.05) is 45.0 Å². The van der Waals surface area contributed by atoms with Crippen LogP contribution in [0.4, 0.5) is 5.69 Å². The fraction of sp³-hybridized carbons (Fsp3) is 0.346. The van der Waals surface area contributed by atoms with E-state index in [-0.39, 0.29) is 12.0 Å². The number of furan rings is 1. The van der Waals surface area contributed by atoms with Gasteiger partial charge in [0.15, 0.2) is 0 Å². The Morgan fingerprint density at radius 1 is 1.18 bits per heavy atom. The molecule has 34 heavy (non-hydrogen) atoms. The molecule has 8 nitrogen and oxygen atoms in total. The number of benzene rings is 1. The lowest BCUT2D eigenvalue weighted by molar-refractivity contribution is 0.0681. The van der Waals surface area contributed by atoms with Gasteiger partial charge in [0.05, 0.1) is 34.1 Å². The minimum atomic E-state index is -0.302. The highest BCUT2D eigenvalue weighted by Gasteiger charge is 2.22. The summed E-state index contributed by atoms with van der Waals surface area (Å²) < 4.78 is 22.8. The van der Waals surface area contributed by atoms with Crippen LogP contribution in [0.5, 0.6) is 5.75 Å². The molecule has 1 N–H and O–H groups in total. The first-order valence-corrected chi connectivity index (χ1v) is 11.4. The molecule has 1 aliphatic rings. The number of rotatable bonds is 6. The number of carbonyl (C=O) groups is 1. The third-order valence-corrected chi connectivity index (χ3v) is 6.01. The Morgan fingerprint density at radius 3 is 2.76 bits per heavy atom. The minimum absolute atomic E-state index is 0.0766. The Balaban J connectivity index is 1.49. The van der Waals surface area contributed by atoms with Crippen LogP contribution < -0.4 is 10.1 Å². The average Bonchev–Trinajstić information content (AvgIpc) is 3.54. The zero-order chi connectivity index (χ0) is 23.8. The van der Waals surface area contributed by atoms with Crippen LogP contribution in [0, 0.1) is 27.7 Å². The summed E-state index contributed by atoms with van der Waals surface area (Å²) in [6.45, 7) is 8.72. The topological polar surface area (TPSA) is 99.6 Å². The van der Waals surface area contributed by atoms with Crippen molar-refractivity contribution >= 4 is 22.7 Å².